The Morgan fingerprint density at radius 3 is 2.03 bits per heavy atom. The Morgan fingerprint density at radius 1 is 0.667 bits per heavy atom. The van der Waals surface area contributed by atoms with Crippen LogP contribution in [0.4, 0.5) is 5.69 Å². The summed E-state index contributed by atoms with van der Waals surface area (Å²) in [5.74, 6) is 0.286. The predicted molar refractivity (Wildman–Crippen MR) is 139 cm³/mol. The second-order valence-corrected chi connectivity index (χ2v) is 8.25. The monoisotopic (exact) mass is 480 g/mol. The first-order valence-corrected chi connectivity index (χ1v) is 11.8. The number of hydrogen-bond acceptors (Lipinski definition) is 4. The summed E-state index contributed by atoms with van der Waals surface area (Å²) in [6.45, 7) is 0.757. The smallest absolute Gasteiger partial charge is 0.274 e. The zero-order valence-corrected chi connectivity index (χ0v) is 19.9. The fourth-order valence-corrected chi connectivity index (χ4v) is 3.53. The minimum Gasteiger partial charge on any atom is -0.489 e. The van der Waals surface area contributed by atoms with Gasteiger partial charge in [-0.05, 0) is 47.4 Å². The molecule has 4 rings (SSSR count). The molecule has 182 valence electrons. The zero-order valence-electron chi connectivity index (χ0n) is 19.9. The van der Waals surface area contributed by atoms with Crippen molar-refractivity contribution >= 4 is 17.5 Å². The highest BCUT2D eigenvalue weighted by Gasteiger charge is 2.08. The summed E-state index contributed by atoms with van der Waals surface area (Å²) in [5, 5.41) is 2.92. The van der Waals surface area contributed by atoms with Crippen LogP contribution >= 0.6 is 0 Å². The molecular formula is C30H28N2O4. The molecule has 4 aromatic carbocycles. The molecule has 0 aliphatic heterocycles. The molecule has 4 aromatic rings. The first kappa shape index (κ1) is 24.7. The van der Waals surface area contributed by atoms with E-state index in [2.05, 4.69) is 10.8 Å². The largest absolute Gasteiger partial charge is 0.489 e. The van der Waals surface area contributed by atoms with E-state index < -0.39 is 0 Å². The Morgan fingerprint density at radius 2 is 1.33 bits per heavy atom. The molecule has 6 heteroatoms. The van der Waals surface area contributed by atoms with Gasteiger partial charge in [0.1, 0.15) is 12.4 Å². The van der Waals surface area contributed by atoms with E-state index >= 15 is 0 Å². The number of rotatable bonds is 11. The molecule has 6 nitrogen and oxygen atoms in total. The van der Waals surface area contributed by atoms with Crippen LogP contribution < -0.4 is 15.5 Å². The third-order valence-corrected chi connectivity index (χ3v) is 5.47. The van der Waals surface area contributed by atoms with Crippen LogP contribution in [0, 0.1) is 0 Å². The van der Waals surface area contributed by atoms with Crippen LogP contribution in [-0.4, -0.2) is 11.8 Å². The molecule has 2 N–H and O–H groups in total. The van der Waals surface area contributed by atoms with Gasteiger partial charge < -0.3 is 10.1 Å². The molecule has 0 atom stereocenters. The molecule has 0 fully saturated rings. The average molecular weight is 481 g/mol. The van der Waals surface area contributed by atoms with Crippen molar-refractivity contribution in [2.24, 2.45) is 0 Å². The Labute approximate surface area is 210 Å². The third kappa shape index (κ3) is 7.82. The average Bonchev–Trinajstić information content (AvgIpc) is 2.92. The molecule has 36 heavy (non-hydrogen) atoms. The van der Waals surface area contributed by atoms with E-state index in [1.165, 1.54) is 0 Å². The predicted octanol–water partition coefficient (Wildman–Crippen LogP) is 5.70. The van der Waals surface area contributed by atoms with Gasteiger partial charge in [0, 0.05) is 23.7 Å². The molecule has 2 amide bonds. The quantitative estimate of drug-likeness (QED) is 0.270. The van der Waals surface area contributed by atoms with E-state index in [0.29, 0.717) is 43.1 Å². The van der Waals surface area contributed by atoms with E-state index in [4.69, 9.17) is 9.57 Å². The van der Waals surface area contributed by atoms with Crippen molar-refractivity contribution in [3.63, 3.8) is 0 Å². The molecular weight excluding hydrogens is 452 g/mol. The number of anilines is 1. The lowest BCUT2D eigenvalue weighted by Gasteiger charge is -2.10. The first-order chi connectivity index (χ1) is 17.7. The highest BCUT2D eigenvalue weighted by atomic mass is 16.6. The molecule has 0 spiro atoms. The number of aryl methyl sites for hydroxylation is 1. The summed E-state index contributed by atoms with van der Waals surface area (Å²) < 4.78 is 5.83. The van der Waals surface area contributed by atoms with Crippen LogP contribution in [0.2, 0.25) is 0 Å². The molecule has 0 aliphatic carbocycles. The maximum Gasteiger partial charge on any atom is 0.274 e. The number of carbonyl (C=O) groups is 2. The van der Waals surface area contributed by atoms with Gasteiger partial charge in [0.25, 0.3) is 5.91 Å². The third-order valence-electron chi connectivity index (χ3n) is 5.47. The Hall–Kier alpha value is -4.42. The van der Waals surface area contributed by atoms with Crippen LogP contribution in [0.5, 0.6) is 5.75 Å². The molecule has 0 bridgehead atoms. The number of hydroxylamine groups is 1. The van der Waals surface area contributed by atoms with Crippen LogP contribution in [0.3, 0.4) is 0 Å². The highest BCUT2D eigenvalue weighted by molar-refractivity contribution is 5.93. The Balaban J connectivity index is 1.20. The number of nitrogens with one attached hydrogen (secondary N) is 2. The van der Waals surface area contributed by atoms with Crippen molar-refractivity contribution in [2.75, 3.05) is 5.32 Å². The van der Waals surface area contributed by atoms with E-state index in [-0.39, 0.29) is 11.8 Å². The van der Waals surface area contributed by atoms with E-state index in [9.17, 15) is 9.59 Å². The summed E-state index contributed by atoms with van der Waals surface area (Å²) in [6, 6.07) is 34.0. The van der Waals surface area contributed by atoms with Gasteiger partial charge in [-0.3, -0.25) is 14.4 Å². The van der Waals surface area contributed by atoms with Gasteiger partial charge in [0.05, 0.1) is 6.61 Å². The molecule has 0 saturated heterocycles. The topological polar surface area (TPSA) is 76.7 Å². The summed E-state index contributed by atoms with van der Waals surface area (Å²) >= 11 is 0. The molecule has 0 aromatic heterocycles. The SMILES string of the molecule is O=C(CCc1ccc(C(=O)NOCc2ccccc2)cc1)Nc1cccc(OCc2ccccc2)c1. The van der Waals surface area contributed by atoms with Crippen molar-refractivity contribution in [2.45, 2.75) is 26.1 Å². The van der Waals surface area contributed by atoms with E-state index in [1.807, 2.05) is 97.1 Å². The van der Waals surface area contributed by atoms with Gasteiger partial charge in [-0.25, -0.2) is 5.48 Å². The molecule has 0 saturated carbocycles. The molecule has 0 radical (unpaired) electrons. The zero-order chi connectivity index (χ0) is 25.0. The maximum absolute atomic E-state index is 12.5. The minimum atomic E-state index is -0.315. The first-order valence-electron chi connectivity index (χ1n) is 11.8. The van der Waals surface area contributed by atoms with Crippen molar-refractivity contribution in [1.82, 2.24) is 5.48 Å². The fourth-order valence-electron chi connectivity index (χ4n) is 3.53. The van der Waals surface area contributed by atoms with Gasteiger partial charge >= 0.3 is 0 Å². The number of ether oxygens (including phenoxy) is 1. The Kier molecular flexibility index (Phi) is 8.84. The number of hydrogen-bond donors (Lipinski definition) is 2. The molecule has 0 heterocycles. The lowest BCUT2D eigenvalue weighted by Crippen LogP contribution is -2.23. The van der Waals surface area contributed by atoms with Gasteiger partial charge in [-0.2, -0.15) is 0 Å². The summed E-state index contributed by atoms with van der Waals surface area (Å²) in [4.78, 5) is 30.0. The van der Waals surface area contributed by atoms with E-state index in [1.54, 1.807) is 12.1 Å². The van der Waals surface area contributed by atoms with E-state index in [0.717, 1.165) is 16.7 Å². The van der Waals surface area contributed by atoms with Gasteiger partial charge in [0.2, 0.25) is 5.91 Å². The second kappa shape index (κ2) is 12.9. The van der Waals surface area contributed by atoms with Crippen molar-refractivity contribution in [3.8, 4) is 5.75 Å². The normalized spacial score (nSPS) is 10.4. The van der Waals surface area contributed by atoms with Crippen LogP contribution in [0.25, 0.3) is 0 Å². The lowest BCUT2D eigenvalue weighted by atomic mass is 10.1. The number of benzene rings is 4. The molecule has 0 aliphatic rings. The minimum absolute atomic E-state index is 0.0914. The maximum atomic E-state index is 12.5. The standard InChI is InChI=1S/C30H28N2O4/c33-29(31-27-12-7-13-28(20-27)35-21-24-8-3-1-4-9-24)19-16-23-14-17-26(18-15-23)30(34)32-36-22-25-10-5-2-6-11-25/h1-15,17-18,20H,16,19,21-22H2,(H,31,33)(H,32,34). The summed E-state index contributed by atoms with van der Waals surface area (Å²) in [6.07, 6.45) is 0.878. The van der Waals surface area contributed by atoms with Crippen LogP contribution in [0.1, 0.15) is 33.5 Å². The second-order valence-electron chi connectivity index (χ2n) is 8.25. The lowest BCUT2D eigenvalue weighted by molar-refractivity contribution is -0.116. The summed E-state index contributed by atoms with van der Waals surface area (Å²) in [7, 11) is 0. The highest BCUT2D eigenvalue weighted by Crippen LogP contribution is 2.19. The fraction of sp³-hybridized carbons (Fsp3) is 0.133. The summed E-state index contributed by atoms with van der Waals surface area (Å²) in [5.41, 5.74) is 6.65. The number of amides is 2. The van der Waals surface area contributed by atoms with Crippen LogP contribution in [0.15, 0.2) is 109 Å². The van der Waals surface area contributed by atoms with Crippen LogP contribution in [-0.2, 0) is 29.3 Å². The van der Waals surface area contributed by atoms with Gasteiger partial charge in [0.15, 0.2) is 0 Å². The van der Waals surface area contributed by atoms with Crippen molar-refractivity contribution in [3.05, 3.63) is 131 Å². The Bertz CT molecular complexity index is 1260. The van der Waals surface area contributed by atoms with Gasteiger partial charge in [-0.1, -0.05) is 78.9 Å². The van der Waals surface area contributed by atoms with Crippen molar-refractivity contribution in [1.29, 1.82) is 0 Å². The molecule has 0 unspecified atom stereocenters. The van der Waals surface area contributed by atoms with Crippen molar-refractivity contribution < 1.29 is 19.2 Å². The van der Waals surface area contributed by atoms with Gasteiger partial charge in [-0.15, -0.1) is 0 Å². The number of carbonyl (C=O) groups excluding carboxylic acids is 2.